The summed E-state index contributed by atoms with van der Waals surface area (Å²) in [5, 5.41) is 9.18. The van der Waals surface area contributed by atoms with Gasteiger partial charge in [0.2, 0.25) is 0 Å². The number of anilines is 1. The van der Waals surface area contributed by atoms with Crippen LogP contribution in [-0.4, -0.2) is 25.2 Å². The fraction of sp³-hybridized carbons (Fsp3) is 0.222. The van der Waals surface area contributed by atoms with Crippen molar-refractivity contribution >= 4 is 17.6 Å². The second-order valence-electron chi connectivity index (χ2n) is 7.96. The number of allylic oxidation sites excluding steroid dienone is 1. The maximum absolute atomic E-state index is 13.5. The summed E-state index contributed by atoms with van der Waals surface area (Å²) in [6.07, 6.45) is -3.28. The van der Waals surface area contributed by atoms with E-state index in [0.717, 1.165) is 12.1 Å². The van der Waals surface area contributed by atoms with Crippen LogP contribution in [0.4, 0.5) is 18.9 Å². The number of hydrogen-bond acceptors (Lipinski definition) is 7. The smallest absolute Gasteiger partial charge is 0.416 e. The summed E-state index contributed by atoms with van der Waals surface area (Å²) in [5.41, 5.74) is 6.25. The topological polar surface area (TPSA) is 106 Å². The van der Waals surface area contributed by atoms with Crippen molar-refractivity contribution in [2.45, 2.75) is 25.9 Å². The van der Waals surface area contributed by atoms with Gasteiger partial charge in [0.1, 0.15) is 12.4 Å². The molecule has 2 aromatic carbocycles. The Hall–Kier alpha value is -4.52. The fourth-order valence-corrected chi connectivity index (χ4v) is 4.07. The summed E-state index contributed by atoms with van der Waals surface area (Å²) in [5.74, 6) is -2.96. The predicted octanol–water partition coefficient (Wildman–Crippen LogP) is 4.92. The highest BCUT2D eigenvalue weighted by Crippen LogP contribution is 2.44. The molecule has 37 heavy (non-hydrogen) atoms. The predicted molar refractivity (Wildman–Crippen MR) is 130 cm³/mol. The minimum atomic E-state index is -4.64. The van der Waals surface area contributed by atoms with Crippen LogP contribution in [0.5, 0.6) is 0 Å². The van der Waals surface area contributed by atoms with Crippen molar-refractivity contribution in [1.82, 2.24) is 0 Å². The van der Waals surface area contributed by atoms with Crippen LogP contribution in [0.15, 0.2) is 83.9 Å². The van der Waals surface area contributed by atoms with E-state index in [0.29, 0.717) is 11.1 Å². The van der Waals surface area contributed by atoms with Crippen molar-refractivity contribution in [3.05, 3.63) is 101 Å². The van der Waals surface area contributed by atoms with E-state index in [1.807, 2.05) is 6.07 Å². The molecule has 0 radical (unpaired) electrons. The largest absolute Gasteiger partial charge is 0.463 e. The molecule has 0 bridgehead atoms. The van der Waals surface area contributed by atoms with Gasteiger partial charge >= 0.3 is 18.1 Å². The first kappa shape index (κ1) is 27.1. The Morgan fingerprint density at radius 3 is 2.35 bits per heavy atom. The molecule has 1 aliphatic heterocycles. The van der Waals surface area contributed by atoms with Crippen LogP contribution < -0.4 is 10.6 Å². The summed E-state index contributed by atoms with van der Waals surface area (Å²) in [6, 6.07) is 12.5. The van der Waals surface area contributed by atoms with Gasteiger partial charge in [0, 0.05) is 11.4 Å². The van der Waals surface area contributed by atoms with Gasteiger partial charge in [0.25, 0.3) is 0 Å². The Balaban J connectivity index is 2.34. The monoisotopic (exact) mass is 511 g/mol. The molecule has 1 aliphatic rings. The number of hydrogen-bond donors (Lipinski definition) is 1. The molecule has 1 unspecified atom stereocenters. The number of alkyl halides is 3. The van der Waals surface area contributed by atoms with Gasteiger partial charge in [-0.25, -0.2) is 9.59 Å². The first-order chi connectivity index (χ1) is 17.5. The molecule has 1 atom stereocenters. The molecular formula is C27H24F3N3O4. The second kappa shape index (κ2) is 11.0. The number of nitriles is 1. The molecule has 0 aliphatic carbocycles. The molecule has 192 valence electrons. The minimum absolute atomic E-state index is 0.0149. The highest BCUT2D eigenvalue weighted by atomic mass is 19.4. The third-order valence-corrected chi connectivity index (χ3v) is 5.67. The van der Waals surface area contributed by atoms with Crippen LogP contribution in [0.1, 0.15) is 36.5 Å². The van der Waals surface area contributed by atoms with Gasteiger partial charge in [-0.2, -0.15) is 18.4 Å². The summed E-state index contributed by atoms with van der Waals surface area (Å²) >= 11 is 0. The van der Waals surface area contributed by atoms with Crippen molar-refractivity contribution in [3.63, 3.8) is 0 Å². The maximum atomic E-state index is 13.5. The molecule has 2 aromatic rings. The lowest BCUT2D eigenvalue weighted by Gasteiger charge is -2.37. The summed E-state index contributed by atoms with van der Waals surface area (Å²) < 4.78 is 50.9. The van der Waals surface area contributed by atoms with Crippen LogP contribution in [0.25, 0.3) is 0 Å². The van der Waals surface area contributed by atoms with Crippen LogP contribution in [-0.2, 0) is 25.2 Å². The summed E-state index contributed by atoms with van der Waals surface area (Å²) in [7, 11) is 0. The van der Waals surface area contributed by atoms with Crippen molar-refractivity contribution in [3.8, 4) is 6.07 Å². The van der Waals surface area contributed by atoms with Crippen LogP contribution >= 0.6 is 0 Å². The first-order valence-electron chi connectivity index (χ1n) is 11.2. The molecule has 2 N–H and O–H groups in total. The van der Waals surface area contributed by atoms with Gasteiger partial charge in [-0.05, 0) is 49.7 Å². The van der Waals surface area contributed by atoms with E-state index < -0.39 is 29.6 Å². The van der Waals surface area contributed by atoms with E-state index in [4.69, 9.17) is 15.2 Å². The number of benzene rings is 2. The zero-order valence-corrected chi connectivity index (χ0v) is 20.1. The van der Waals surface area contributed by atoms with Gasteiger partial charge in [-0.15, -0.1) is 0 Å². The lowest BCUT2D eigenvalue weighted by atomic mass is 9.80. The van der Waals surface area contributed by atoms with Crippen molar-refractivity contribution in [2.75, 3.05) is 18.1 Å². The maximum Gasteiger partial charge on any atom is 0.416 e. The van der Waals surface area contributed by atoms with Gasteiger partial charge in [-0.3, -0.25) is 0 Å². The zero-order valence-electron chi connectivity index (χ0n) is 20.1. The third kappa shape index (κ3) is 5.51. The van der Waals surface area contributed by atoms with Gasteiger partial charge in [0.05, 0.1) is 40.9 Å². The van der Waals surface area contributed by atoms with E-state index in [2.05, 4.69) is 6.58 Å². The molecule has 0 fully saturated rings. The average Bonchev–Trinajstić information content (AvgIpc) is 2.86. The second-order valence-corrected chi connectivity index (χ2v) is 7.96. The number of nitrogens with two attached hydrogens (primary N) is 1. The number of ether oxygens (including phenoxy) is 2. The average molecular weight is 512 g/mol. The van der Waals surface area contributed by atoms with Crippen LogP contribution in [0, 0.1) is 11.3 Å². The Bertz CT molecular complexity index is 1320. The SMILES string of the molecule is C=CCOC(=O)C1=C(C)N(c2cccc(C(F)(F)F)c2)C(N)=C(C(=O)OCC)C1c1ccc(C#N)cc1. The molecule has 1 heterocycles. The van der Waals surface area contributed by atoms with Gasteiger partial charge in [-0.1, -0.05) is 30.9 Å². The van der Waals surface area contributed by atoms with E-state index >= 15 is 0 Å². The molecule has 0 saturated heterocycles. The lowest BCUT2D eigenvalue weighted by Crippen LogP contribution is -2.39. The zero-order chi connectivity index (χ0) is 27.3. The normalized spacial score (nSPS) is 15.8. The highest BCUT2D eigenvalue weighted by molar-refractivity contribution is 6.01. The van der Waals surface area contributed by atoms with E-state index in [1.165, 1.54) is 42.2 Å². The molecule has 0 amide bonds. The Morgan fingerprint density at radius 1 is 1.14 bits per heavy atom. The van der Waals surface area contributed by atoms with Crippen molar-refractivity contribution < 1.29 is 32.2 Å². The number of esters is 2. The molecule has 3 rings (SSSR count). The first-order valence-corrected chi connectivity index (χ1v) is 11.2. The van der Waals surface area contributed by atoms with Crippen LogP contribution in [0.2, 0.25) is 0 Å². The Labute approximate surface area is 211 Å². The molecular weight excluding hydrogens is 487 g/mol. The molecule has 0 aromatic heterocycles. The molecule has 0 spiro atoms. The quantitative estimate of drug-likeness (QED) is 0.416. The summed E-state index contributed by atoms with van der Waals surface area (Å²) in [6.45, 7) is 6.44. The minimum Gasteiger partial charge on any atom is -0.463 e. The Kier molecular flexibility index (Phi) is 8.07. The number of rotatable bonds is 7. The van der Waals surface area contributed by atoms with E-state index in [9.17, 15) is 28.0 Å². The van der Waals surface area contributed by atoms with Gasteiger partial charge in [0.15, 0.2) is 0 Å². The molecule has 7 nitrogen and oxygen atoms in total. The number of carbonyl (C=O) groups excluding carboxylic acids is 2. The number of halogens is 3. The van der Waals surface area contributed by atoms with Crippen molar-refractivity contribution in [1.29, 1.82) is 5.26 Å². The van der Waals surface area contributed by atoms with Crippen molar-refractivity contribution in [2.24, 2.45) is 5.73 Å². The fourth-order valence-electron chi connectivity index (χ4n) is 4.07. The Morgan fingerprint density at radius 2 is 1.78 bits per heavy atom. The van der Waals surface area contributed by atoms with Crippen LogP contribution in [0.3, 0.4) is 0 Å². The standard InChI is InChI=1S/C27H24F3N3O4/c1-4-13-37-25(34)21-16(3)33(20-8-6-7-19(14-20)27(28,29)30)24(32)23(26(35)36-5-2)22(21)18-11-9-17(15-31)10-12-18/h4,6-12,14,22H,1,5,13,32H2,2-3H3. The summed E-state index contributed by atoms with van der Waals surface area (Å²) in [4.78, 5) is 27.7. The van der Waals surface area contributed by atoms with Gasteiger partial charge < -0.3 is 20.1 Å². The highest BCUT2D eigenvalue weighted by Gasteiger charge is 2.42. The molecule has 10 heteroatoms. The number of nitrogens with zero attached hydrogens (tertiary/aromatic N) is 2. The van der Waals surface area contributed by atoms with E-state index in [-0.39, 0.29) is 41.6 Å². The third-order valence-electron chi connectivity index (χ3n) is 5.67. The molecule has 0 saturated carbocycles. The van der Waals surface area contributed by atoms with E-state index in [1.54, 1.807) is 19.1 Å². The number of carbonyl (C=O) groups is 2. The lowest BCUT2D eigenvalue weighted by molar-refractivity contribution is -0.140.